The second-order valence-corrected chi connectivity index (χ2v) is 7.67. The number of methoxy groups -OCH3 is 1. The average molecular weight is 423 g/mol. The Kier molecular flexibility index (Phi) is 8.20. The van der Waals surface area contributed by atoms with Gasteiger partial charge in [0.2, 0.25) is 5.89 Å². The van der Waals surface area contributed by atoms with Gasteiger partial charge in [-0.2, -0.15) is 0 Å². The van der Waals surface area contributed by atoms with Gasteiger partial charge in [0.25, 0.3) is 5.91 Å². The minimum absolute atomic E-state index is 0.223. The first-order valence-corrected chi connectivity index (χ1v) is 10.3. The maximum Gasteiger partial charge on any atom is 0.273 e. The van der Waals surface area contributed by atoms with Crippen molar-refractivity contribution in [1.82, 2.24) is 20.1 Å². The van der Waals surface area contributed by atoms with E-state index in [-0.39, 0.29) is 5.91 Å². The van der Waals surface area contributed by atoms with Crippen LogP contribution in [0.2, 0.25) is 0 Å². The Hall–Kier alpha value is -3.16. The third kappa shape index (κ3) is 7.24. The molecule has 0 aliphatic rings. The number of aromatic nitrogens is 1. The molecule has 3 rings (SSSR count). The minimum Gasteiger partial charge on any atom is -0.497 e. The topological polar surface area (TPSA) is 70.8 Å². The quantitative estimate of drug-likeness (QED) is 0.512. The summed E-state index contributed by atoms with van der Waals surface area (Å²) in [6.45, 7) is 3.23. The van der Waals surface area contributed by atoms with Gasteiger partial charge in [0.1, 0.15) is 12.0 Å². The van der Waals surface area contributed by atoms with Crippen molar-refractivity contribution in [2.75, 3.05) is 34.3 Å². The van der Waals surface area contributed by atoms with E-state index in [0.717, 1.165) is 24.4 Å². The van der Waals surface area contributed by atoms with Crippen LogP contribution in [0.25, 0.3) is 0 Å². The number of carbonyl (C=O) groups is 1. The van der Waals surface area contributed by atoms with Gasteiger partial charge in [-0.1, -0.05) is 42.5 Å². The van der Waals surface area contributed by atoms with Gasteiger partial charge in [0, 0.05) is 26.2 Å². The predicted octanol–water partition coefficient (Wildman–Crippen LogP) is 3.18. The maximum absolute atomic E-state index is 12.3. The molecule has 164 valence electrons. The molecule has 0 aliphatic heterocycles. The Labute approximate surface area is 183 Å². The van der Waals surface area contributed by atoms with Crippen molar-refractivity contribution < 1.29 is 13.9 Å². The second kappa shape index (κ2) is 11.3. The lowest BCUT2D eigenvalue weighted by atomic mass is 10.1. The van der Waals surface area contributed by atoms with Crippen molar-refractivity contribution in [2.24, 2.45) is 0 Å². The van der Waals surface area contributed by atoms with E-state index in [9.17, 15) is 4.79 Å². The summed E-state index contributed by atoms with van der Waals surface area (Å²) in [6.07, 6.45) is 1.42. The molecule has 1 amide bonds. The first-order valence-electron chi connectivity index (χ1n) is 10.3. The lowest BCUT2D eigenvalue weighted by molar-refractivity contribution is 0.0946. The van der Waals surface area contributed by atoms with Crippen LogP contribution in [0.15, 0.2) is 65.3 Å². The number of likely N-dealkylation sites (N-methyl/N-ethyl adjacent to an activating group) is 1. The van der Waals surface area contributed by atoms with E-state index in [1.54, 1.807) is 7.11 Å². The van der Waals surface area contributed by atoms with Gasteiger partial charge in [-0.25, -0.2) is 4.98 Å². The molecule has 7 nitrogen and oxygen atoms in total. The van der Waals surface area contributed by atoms with Crippen molar-refractivity contribution in [3.8, 4) is 5.75 Å². The van der Waals surface area contributed by atoms with Crippen molar-refractivity contribution in [2.45, 2.75) is 19.6 Å². The standard InChI is InChI=1S/C24H30N4O3/c1-27(2)13-12-25-24(29)22-18-31-23(26-22)17-28(15-19-8-5-4-6-9-19)16-20-10-7-11-21(14-20)30-3/h4-11,14,18H,12-13,15-17H2,1-3H3,(H,25,29). The Morgan fingerprint density at radius 3 is 2.52 bits per heavy atom. The van der Waals surface area contributed by atoms with Gasteiger partial charge in [-0.05, 0) is 37.4 Å². The molecule has 3 aromatic rings. The van der Waals surface area contributed by atoms with E-state index in [4.69, 9.17) is 9.15 Å². The zero-order valence-electron chi connectivity index (χ0n) is 18.4. The number of nitrogens with zero attached hydrogens (tertiary/aromatic N) is 3. The number of carbonyl (C=O) groups excluding carboxylic acids is 1. The highest BCUT2D eigenvalue weighted by Gasteiger charge is 2.16. The van der Waals surface area contributed by atoms with Gasteiger partial charge in [-0.3, -0.25) is 9.69 Å². The first-order chi connectivity index (χ1) is 15.0. The first kappa shape index (κ1) is 22.5. The molecule has 0 aliphatic carbocycles. The molecule has 7 heteroatoms. The minimum atomic E-state index is -0.223. The fraction of sp³-hybridized carbons (Fsp3) is 0.333. The SMILES string of the molecule is COc1cccc(CN(Cc2ccccc2)Cc2nc(C(=O)NCCN(C)C)co2)c1. The summed E-state index contributed by atoms with van der Waals surface area (Å²) in [4.78, 5) is 20.9. The molecule has 1 N–H and O–H groups in total. The number of ether oxygens (including phenoxy) is 1. The molecule has 0 spiro atoms. The molecule has 0 unspecified atom stereocenters. The van der Waals surface area contributed by atoms with Crippen LogP contribution in [0.3, 0.4) is 0 Å². The molecule has 0 saturated heterocycles. The normalized spacial score (nSPS) is 11.1. The number of nitrogens with one attached hydrogen (secondary N) is 1. The molecule has 2 aromatic carbocycles. The highest BCUT2D eigenvalue weighted by atomic mass is 16.5. The van der Waals surface area contributed by atoms with Gasteiger partial charge in [0.05, 0.1) is 13.7 Å². The summed E-state index contributed by atoms with van der Waals surface area (Å²) in [5.41, 5.74) is 2.62. The molecular weight excluding hydrogens is 392 g/mol. The highest BCUT2D eigenvalue weighted by molar-refractivity contribution is 5.91. The Morgan fingerprint density at radius 2 is 1.77 bits per heavy atom. The Bertz CT molecular complexity index is 956. The van der Waals surface area contributed by atoms with Crippen molar-refractivity contribution in [3.63, 3.8) is 0 Å². The molecule has 0 radical (unpaired) electrons. The molecule has 1 heterocycles. The molecule has 0 saturated carbocycles. The fourth-order valence-electron chi connectivity index (χ4n) is 3.20. The van der Waals surface area contributed by atoms with E-state index in [1.807, 2.05) is 55.4 Å². The third-order valence-corrected chi connectivity index (χ3v) is 4.78. The number of benzene rings is 2. The maximum atomic E-state index is 12.3. The zero-order chi connectivity index (χ0) is 22.1. The molecule has 31 heavy (non-hydrogen) atoms. The number of rotatable bonds is 11. The fourth-order valence-corrected chi connectivity index (χ4v) is 3.20. The van der Waals surface area contributed by atoms with Crippen LogP contribution in [-0.4, -0.2) is 55.0 Å². The zero-order valence-corrected chi connectivity index (χ0v) is 18.4. The van der Waals surface area contributed by atoms with Gasteiger partial charge >= 0.3 is 0 Å². The van der Waals surface area contributed by atoms with Gasteiger partial charge < -0.3 is 19.4 Å². The average Bonchev–Trinajstić information content (AvgIpc) is 3.23. The molecule has 0 fully saturated rings. The number of hydrogen-bond acceptors (Lipinski definition) is 6. The van der Waals surface area contributed by atoms with E-state index >= 15 is 0 Å². The van der Waals surface area contributed by atoms with Crippen LogP contribution >= 0.6 is 0 Å². The highest BCUT2D eigenvalue weighted by Crippen LogP contribution is 2.18. The number of oxazole rings is 1. The van der Waals surface area contributed by atoms with Crippen LogP contribution < -0.4 is 10.1 Å². The summed E-state index contributed by atoms with van der Waals surface area (Å²) in [5, 5.41) is 2.86. The molecule has 0 bridgehead atoms. The van der Waals surface area contributed by atoms with E-state index < -0.39 is 0 Å². The summed E-state index contributed by atoms with van der Waals surface area (Å²) < 4.78 is 11.0. The summed E-state index contributed by atoms with van der Waals surface area (Å²) in [6, 6.07) is 18.3. The van der Waals surface area contributed by atoms with Crippen molar-refractivity contribution in [1.29, 1.82) is 0 Å². The van der Waals surface area contributed by atoms with Crippen LogP contribution in [0.5, 0.6) is 5.75 Å². The largest absolute Gasteiger partial charge is 0.497 e. The lowest BCUT2D eigenvalue weighted by Gasteiger charge is -2.21. The summed E-state index contributed by atoms with van der Waals surface area (Å²) in [5.74, 6) is 1.11. The van der Waals surface area contributed by atoms with Crippen LogP contribution in [-0.2, 0) is 19.6 Å². The number of amides is 1. The van der Waals surface area contributed by atoms with Gasteiger partial charge in [0.15, 0.2) is 5.69 Å². The second-order valence-electron chi connectivity index (χ2n) is 7.67. The van der Waals surface area contributed by atoms with Crippen LogP contribution in [0, 0.1) is 0 Å². The molecule has 0 atom stereocenters. The van der Waals surface area contributed by atoms with Gasteiger partial charge in [-0.15, -0.1) is 0 Å². The summed E-state index contributed by atoms with van der Waals surface area (Å²) in [7, 11) is 5.59. The van der Waals surface area contributed by atoms with Crippen molar-refractivity contribution >= 4 is 5.91 Å². The van der Waals surface area contributed by atoms with Crippen LogP contribution in [0.4, 0.5) is 0 Å². The van der Waals surface area contributed by atoms with Crippen molar-refractivity contribution in [3.05, 3.63) is 83.6 Å². The van der Waals surface area contributed by atoms with Crippen LogP contribution in [0.1, 0.15) is 27.5 Å². The monoisotopic (exact) mass is 422 g/mol. The Morgan fingerprint density at radius 1 is 1.03 bits per heavy atom. The number of hydrogen-bond donors (Lipinski definition) is 1. The smallest absolute Gasteiger partial charge is 0.273 e. The molecular formula is C24H30N4O3. The third-order valence-electron chi connectivity index (χ3n) is 4.78. The predicted molar refractivity (Wildman–Crippen MR) is 120 cm³/mol. The van der Waals surface area contributed by atoms with E-state index in [0.29, 0.717) is 31.2 Å². The van der Waals surface area contributed by atoms with E-state index in [2.05, 4.69) is 33.4 Å². The molecule has 1 aromatic heterocycles. The summed E-state index contributed by atoms with van der Waals surface area (Å²) >= 11 is 0. The van der Waals surface area contributed by atoms with E-state index in [1.165, 1.54) is 11.8 Å². The Balaban J connectivity index is 1.69. The lowest BCUT2D eigenvalue weighted by Crippen LogP contribution is -2.31.